The molecule has 20 heavy (non-hydrogen) atoms. The second kappa shape index (κ2) is 6.31. The number of aromatic nitrogens is 1. The molecule has 2 N–H and O–H groups in total. The van der Waals surface area contributed by atoms with Crippen molar-refractivity contribution in [3.63, 3.8) is 0 Å². The predicted molar refractivity (Wildman–Crippen MR) is 79.8 cm³/mol. The summed E-state index contributed by atoms with van der Waals surface area (Å²) in [5, 5.41) is 0. The molecule has 2 rings (SSSR count). The molecule has 0 saturated carbocycles. The monoisotopic (exact) mass is 279 g/mol. The first-order valence-corrected chi connectivity index (χ1v) is 7.41. The van der Waals surface area contributed by atoms with Crippen LogP contribution in [0.5, 0.6) is 0 Å². The van der Waals surface area contributed by atoms with Crippen LogP contribution in [0.3, 0.4) is 0 Å². The summed E-state index contributed by atoms with van der Waals surface area (Å²) >= 11 is 0. The van der Waals surface area contributed by atoms with Crippen molar-refractivity contribution >= 4 is 11.6 Å². The standard InChI is InChI=1S/C15H25N3O2/c1-4-17(10-13-6-5-7-20-13)15(19)14-8-12(16)9-18(14)11(2)3/h8-9,11,13H,4-7,10,16H2,1-3H3. The molecule has 1 aromatic heterocycles. The van der Waals surface area contributed by atoms with Gasteiger partial charge in [0.1, 0.15) is 5.69 Å². The Morgan fingerprint density at radius 3 is 2.90 bits per heavy atom. The summed E-state index contributed by atoms with van der Waals surface area (Å²) in [5.74, 6) is 0.0356. The van der Waals surface area contributed by atoms with Gasteiger partial charge in [-0.15, -0.1) is 0 Å². The second-order valence-corrected chi connectivity index (χ2v) is 5.64. The molecule has 1 aliphatic rings. The molecular formula is C15H25N3O2. The Morgan fingerprint density at radius 1 is 1.60 bits per heavy atom. The lowest BCUT2D eigenvalue weighted by Crippen LogP contribution is -2.38. The van der Waals surface area contributed by atoms with Crippen LogP contribution in [0.4, 0.5) is 5.69 Å². The van der Waals surface area contributed by atoms with Gasteiger partial charge < -0.3 is 19.9 Å². The van der Waals surface area contributed by atoms with E-state index in [-0.39, 0.29) is 18.1 Å². The average Bonchev–Trinajstić information content (AvgIpc) is 3.04. The first-order chi connectivity index (χ1) is 9.52. The van der Waals surface area contributed by atoms with Crippen LogP contribution in [0.2, 0.25) is 0 Å². The number of anilines is 1. The van der Waals surface area contributed by atoms with Gasteiger partial charge in [0, 0.05) is 31.9 Å². The lowest BCUT2D eigenvalue weighted by molar-refractivity contribution is 0.0530. The van der Waals surface area contributed by atoms with Crippen molar-refractivity contribution in [1.82, 2.24) is 9.47 Å². The zero-order chi connectivity index (χ0) is 14.7. The van der Waals surface area contributed by atoms with Gasteiger partial charge >= 0.3 is 0 Å². The topological polar surface area (TPSA) is 60.5 Å². The molecule has 2 heterocycles. The molecule has 5 nitrogen and oxygen atoms in total. The van der Waals surface area contributed by atoms with Gasteiger partial charge in [-0.1, -0.05) is 0 Å². The Morgan fingerprint density at radius 2 is 2.35 bits per heavy atom. The highest BCUT2D eigenvalue weighted by atomic mass is 16.5. The molecule has 1 amide bonds. The molecule has 5 heteroatoms. The highest BCUT2D eigenvalue weighted by Gasteiger charge is 2.24. The fourth-order valence-corrected chi connectivity index (χ4v) is 2.65. The van der Waals surface area contributed by atoms with Gasteiger partial charge in [-0.25, -0.2) is 0 Å². The quantitative estimate of drug-likeness (QED) is 0.899. The van der Waals surface area contributed by atoms with E-state index < -0.39 is 0 Å². The van der Waals surface area contributed by atoms with Crippen LogP contribution < -0.4 is 5.73 Å². The molecule has 1 aliphatic heterocycles. The second-order valence-electron chi connectivity index (χ2n) is 5.64. The largest absolute Gasteiger partial charge is 0.397 e. The molecule has 112 valence electrons. The third-order valence-corrected chi connectivity index (χ3v) is 3.76. The van der Waals surface area contributed by atoms with Crippen LogP contribution in [0.1, 0.15) is 50.1 Å². The Hall–Kier alpha value is -1.49. The van der Waals surface area contributed by atoms with Crippen LogP contribution in [0, 0.1) is 0 Å². The van der Waals surface area contributed by atoms with Gasteiger partial charge in [-0.2, -0.15) is 0 Å². The summed E-state index contributed by atoms with van der Waals surface area (Å²) in [4.78, 5) is 14.5. The summed E-state index contributed by atoms with van der Waals surface area (Å²) in [6.07, 6.45) is 4.14. The van der Waals surface area contributed by atoms with E-state index >= 15 is 0 Å². The highest BCUT2D eigenvalue weighted by Crippen LogP contribution is 2.20. The molecule has 1 unspecified atom stereocenters. The highest BCUT2D eigenvalue weighted by molar-refractivity contribution is 5.94. The molecule has 0 bridgehead atoms. The Labute approximate surface area is 120 Å². The zero-order valence-electron chi connectivity index (χ0n) is 12.6. The van der Waals surface area contributed by atoms with Crippen molar-refractivity contribution in [3.8, 4) is 0 Å². The molecule has 0 aromatic carbocycles. The normalized spacial score (nSPS) is 18.7. The van der Waals surface area contributed by atoms with Crippen molar-refractivity contribution in [1.29, 1.82) is 0 Å². The van der Waals surface area contributed by atoms with Crippen LogP contribution in [0.15, 0.2) is 12.3 Å². The van der Waals surface area contributed by atoms with Crippen molar-refractivity contribution < 1.29 is 9.53 Å². The van der Waals surface area contributed by atoms with Crippen LogP contribution in [-0.2, 0) is 4.74 Å². The Balaban J connectivity index is 2.15. The zero-order valence-corrected chi connectivity index (χ0v) is 12.6. The summed E-state index contributed by atoms with van der Waals surface area (Å²) in [5.41, 5.74) is 7.14. The van der Waals surface area contributed by atoms with Gasteiger partial charge in [0.2, 0.25) is 0 Å². The lowest BCUT2D eigenvalue weighted by atomic mass is 10.2. The summed E-state index contributed by atoms with van der Waals surface area (Å²) in [6.45, 7) is 8.25. The van der Waals surface area contributed by atoms with Gasteiger partial charge in [0.25, 0.3) is 5.91 Å². The van der Waals surface area contributed by atoms with Gasteiger partial charge in [0.15, 0.2) is 0 Å². The van der Waals surface area contributed by atoms with E-state index in [1.165, 1.54) is 0 Å². The molecular weight excluding hydrogens is 254 g/mol. The molecule has 0 radical (unpaired) electrons. The van der Waals surface area contributed by atoms with Gasteiger partial charge in [-0.3, -0.25) is 4.79 Å². The maximum atomic E-state index is 12.7. The van der Waals surface area contributed by atoms with E-state index in [0.717, 1.165) is 19.4 Å². The van der Waals surface area contributed by atoms with Crippen LogP contribution in [-0.4, -0.2) is 41.2 Å². The van der Waals surface area contributed by atoms with Gasteiger partial charge in [0.05, 0.1) is 11.8 Å². The van der Waals surface area contributed by atoms with E-state index in [1.54, 1.807) is 6.07 Å². The Kier molecular flexibility index (Phi) is 4.70. The van der Waals surface area contributed by atoms with Crippen molar-refractivity contribution in [3.05, 3.63) is 18.0 Å². The van der Waals surface area contributed by atoms with E-state index in [0.29, 0.717) is 24.5 Å². The van der Waals surface area contributed by atoms with Crippen molar-refractivity contribution in [2.45, 2.75) is 45.8 Å². The molecule has 1 atom stereocenters. The minimum absolute atomic E-state index is 0.0356. The summed E-state index contributed by atoms with van der Waals surface area (Å²) in [6, 6.07) is 1.98. The fourth-order valence-electron chi connectivity index (χ4n) is 2.65. The third kappa shape index (κ3) is 3.15. The number of hydrogen-bond acceptors (Lipinski definition) is 3. The van der Waals surface area contributed by atoms with Crippen LogP contribution in [0.25, 0.3) is 0 Å². The first-order valence-electron chi connectivity index (χ1n) is 7.41. The molecule has 0 spiro atoms. The molecule has 1 fully saturated rings. The van der Waals surface area contributed by atoms with Crippen LogP contribution >= 0.6 is 0 Å². The lowest BCUT2D eigenvalue weighted by Gasteiger charge is -2.25. The summed E-state index contributed by atoms with van der Waals surface area (Å²) < 4.78 is 7.57. The number of likely N-dealkylation sites (N-methyl/N-ethyl adjacent to an activating group) is 1. The van der Waals surface area contributed by atoms with Gasteiger partial charge in [-0.05, 0) is 39.7 Å². The summed E-state index contributed by atoms with van der Waals surface area (Å²) in [7, 11) is 0. The van der Waals surface area contributed by atoms with E-state index in [2.05, 4.69) is 0 Å². The number of amides is 1. The van der Waals surface area contributed by atoms with Crippen molar-refractivity contribution in [2.24, 2.45) is 0 Å². The first kappa shape index (κ1) is 14.9. The predicted octanol–water partition coefficient (Wildman–Crippen LogP) is 2.29. The minimum atomic E-state index is 0.0356. The van der Waals surface area contributed by atoms with E-state index in [1.807, 2.05) is 36.4 Å². The maximum absolute atomic E-state index is 12.7. The number of carbonyl (C=O) groups is 1. The number of nitrogens with two attached hydrogens (primary N) is 1. The third-order valence-electron chi connectivity index (χ3n) is 3.76. The average molecular weight is 279 g/mol. The van der Waals surface area contributed by atoms with E-state index in [4.69, 9.17) is 10.5 Å². The number of carbonyl (C=O) groups excluding carboxylic acids is 1. The Bertz CT molecular complexity index is 462. The molecule has 0 aliphatic carbocycles. The SMILES string of the molecule is CCN(CC1CCCO1)C(=O)c1cc(N)cn1C(C)C. The molecule has 1 saturated heterocycles. The minimum Gasteiger partial charge on any atom is -0.397 e. The smallest absolute Gasteiger partial charge is 0.270 e. The maximum Gasteiger partial charge on any atom is 0.270 e. The number of hydrogen-bond donors (Lipinski definition) is 1. The number of rotatable bonds is 5. The van der Waals surface area contributed by atoms with Crippen molar-refractivity contribution in [2.75, 3.05) is 25.4 Å². The number of nitrogens with zero attached hydrogens (tertiary/aromatic N) is 2. The number of ether oxygens (including phenoxy) is 1. The fraction of sp³-hybridized carbons (Fsp3) is 0.667. The van der Waals surface area contributed by atoms with E-state index in [9.17, 15) is 4.79 Å². The molecule has 1 aromatic rings. The number of nitrogen functional groups attached to an aromatic ring is 1.